The largest absolute Gasteiger partial charge is 0.368 e. The molecule has 1 unspecified atom stereocenters. The maximum atomic E-state index is 12.7. The number of nitrogen functional groups attached to an aromatic ring is 1. The molecular weight excluding hydrogens is 316 g/mol. The summed E-state index contributed by atoms with van der Waals surface area (Å²) in [6.07, 6.45) is 4.06. The number of nitrogens with one attached hydrogen (secondary N) is 2. The minimum Gasteiger partial charge on any atom is -0.368 e. The minimum absolute atomic E-state index is 0.0161. The Morgan fingerprint density at radius 2 is 1.96 bits per heavy atom. The molecule has 7 heteroatoms. The van der Waals surface area contributed by atoms with Crippen LogP contribution in [-0.2, 0) is 4.79 Å². The molecule has 4 rings (SSSR count). The number of nitrogens with two attached hydrogens (primary N) is 1. The van der Waals surface area contributed by atoms with Crippen LogP contribution in [0.5, 0.6) is 0 Å². The molecule has 130 valence electrons. The number of carbonyl (C=O) groups is 1. The molecule has 1 aromatic carbocycles. The summed E-state index contributed by atoms with van der Waals surface area (Å²) >= 11 is 0. The van der Waals surface area contributed by atoms with E-state index >= 15 is 0 Å². The van der Waals surface area contributed by atoms with Crippen molar-refractivity contribution in [2.75, 3.05) is 27.8 Å². The SMILES string of the molecule is Nc1nc(NC2CC2)cc(N2CCCC2C(=O)Nc2ccccc2)n1. The average molecular weight is 338 g/mol. The predicted octanol–water partition coefficient (Wildman–Crippen LogP) is 2.24. The Labute approximate surface area is 146 Å². The third kappa shape index (κ3) is 3.65. The van der Waals surface area contributed by atoms with E-state index in [9.17, 15) is 4.79 Å². The van der Waals surface area contributed by atoms with Gasteiger partial charge in [-0.05, 0) is 37.8 Å². The highest BCUT2D eigenvalue weighted by molar-refractivity contribution is 5.97. The van der Waals surface area contributed by atoms with Crippen molar-refractivity contribution in [1.29, 1.82) is 0 Å². The Bertz CT molecular complexity index is 761. The van der Waals surface area contributed by atoms with E-state index in [1.807, 2.05) is 41.3 Å². The predicted molar refractivity (Wildman–Crippen MR) is 98.5 cm³/mol. The lowest BCUT2D eigenvalue weighted by Gasteiger charge is -2.25. The molecule has 4 N–H and O–H groups in total. The van der Waals surface area contributed by atoms with Crippen LogP contribution < -0.4 is 21.3 Å². The molecule has 2 aromatic rings. The van der Waals surface area contributed by atoms with Crippen LogP contribution >= 0.6 is 0 Å². The van der Waals surface area contributed by atoms with Gasteiger partial charge in [0.2, 0.25) is 11.9 Å². The summed E-state index contributed by atoms with van der Waals surface area (Å²) < 4.78 is 0. The van der Waals surface area contributed by atoms with Gasteiger partial charge >= 0.3 is 0 Å². The van der Waals surface area contributed by atoms with Gasteiger partial charge < -0.3 is 21.3 Å². The highest BCUT2D eigenvalue weighted by Gasteiger charge is 2.32. The van der Waals surface area contributed by atoms with Gasteiger partial charge in [0.15, 0.2) is 0 Å². The molecule has 1 amide bonds. The number of amides is 1. The van der Waals surface area contributed by atoms with Crippen molar-refractivity contribution in [3.8, 4) is 0 Å². The lowest BCUT2D eigenvalue weighted by atomic mass is 10.2. The van der Waals surface area contributed by atoms with Crippen molar-refractivity contribution in [3.05, 3.63) is 36.4 Å². The van der Waals surface area contributed by atoms with Gasteiger partial charge in [-0.2, -0.15) is 9.97 Å². The maximum absolute atomic E-state index is 12.7. The zero-order valence-electron chi connectivity index (χ0n) is 14.0. The van der Waals surface area contributed by atoms with Crippen LogP contribution in [0.1, 0.15) is 25.7 Å². The van der Waals surface area contributed by atoms with E-state index in [-0.39, 0.29) is 17.9 Å². The number of carbonyl (C=O) groups excluding carboxylic acids is 1. The number of hydrogen-bond donors (Lipinski definition) is 3. The van der Waals surface area contributed by atoms with Gasteiger partial charge in [-0.15, -0.1) is 0 Å². The van der Waals surface area contributed by atoms with Gasteiger partial charge in [-0.25, -0.2) is 0 Å². The van der Waals surface area contributed by atoms with Crippen LogP contribution in [0.25, 0.3) is 0 Å². The molecule has 2 aliphatic rings. The second kappa shape index (κ2) is 6.58. The lowest BCUT2D eigenvalue weighted by molar-refractivity contribution is -0.117. The Morgan fingerprint density at radius 1 is 1.16 bits per heavy atom. The first kappa shape index (κ1) is 15.7. The van der Waals surface area contributed by atoms with E-state index < -0.39 is 0 Å². The Kier molecular flexibility index (Phi) is 4.13. The first-order valence-electron chi connectivity index (χ1n) is 8.73. The summed E-state index contributed by atoms with van der Waals surface area (Å²) in [7, 11) is 0. The third-order valence-corrected chi connectivity index (χ3v) is 4.55. The molecule has 1 saturated carbocycles. The molecule has 2 heterocycles. The molecule has 0 bridgehead atoms. The summed E-state index contributed by atoms with van der Waals surface area (Å²) in [6, 6.07) is 11.6. The fraction of sp³-hybridized carbons (Fsp3) is 0.389. The van der Waals surface area contributed by atoms with Gasteiger partial charge in [0.25, 0.3) is 0 Å². The molecule has 1 aliphatic carbocycles. The molecular formula is C18H22N6O. The molecule has 1 aliphatic heterocycles. The van der Waals surface area contributed by atoms with E-state index in [1.54, 1.807) is 0 Å². The number of anilines is 4. The Morgan fingerprint density at radius 3 is 2.72 bits per heavy atom. The van der Waals surface area contributed by atoms with Crippen LogP contribution in [0.4, 0.5) is 23.3 Å². The van der Waals surface area contributed by atoms with Crippen molar-refractivity contribution in [3.63, 3.8) is 0 Å². The van der Waals surface area contributed by atoms with Crippen molar-refractivity contribution in [2.24, 2.45) is 0 Å². The van der Waals surface area contributed by atoms with Gasteiger partial charge in [-0.3, -0.25) is 4.79 Å². The highest BCUT2D eigenvalue weighted by Crippen LogP contribution is 2.29. The molecule has 25 heavy (non-hydrogen) atoms. The second-order valence-corrected chi connectivity index (χ2v) is 6.59. The molecule has 7 nitrogen and oxygen atoms in total. The fourth-order valence-electron chi connectivity index (χ4n) is 3.17. The average Bonchev–Trinajstić information content (AvgIpc) is 3.26. The van der Waals surface area contributed by atoms with Crippen molar-refractivity contribution in [2.45, 2.75) is 37.8 Å². The number of aromatic nitrogens is 2. The van der Waals surface area contributed by atoms with E-state index in [0.29, 0.717) is 11.9 Å². The fourth-order valence-corrected chi connectivity index (χ4v) is 3.17. The van der Waals surface area contributed by atoms with Crippen LogP contribution in [0, 0.1) is 0 Å². The molecule has 0 spiro atoms. The highest BCUT2D eigenvalue weighted by atomic mass is 16.2. The third-order valence-electron chi connectivity index (χ3n) is 4.55. The molecule has 1 aromatic heterocycles. The molecule has 1 atom stereocenters. The monoisotopic (exact) mass is 338 g/mol. The minimum atomic E-state index is -0.247. The summed E-state index contributed by atoms with van der Waals surface area (Å²) in [5, 5.41) is 6.33. The van der Waals surface area contributed by atoms with Crippen LogP contribution in [0.2, 0.25) is 0 Å². The van der Waals surface area contributed by atoms with E-state index in [4.69, 9.17) is 5.73 Å². The normalized spacial score (nSPS) is 19.7. The van der Waals surface area contributed by atoms with E-state index in [2.05, 4.69) is 20.6 Å². The van der Waals surface area contributed by atoms with Gasteiger partial charge in [-0.1, -0.05) is 18.2 Å². The van der Waals surface area contributed by atoms with Crippen molar-refractivity contribution in [1.82, 2.24) is 9.97 Å². The van der Waals surface area contributed by atoms with Crippen LogP contribution in [0.15, 0.2) is 36.4 Å². The standard InChI is InChI=1S/C18H22N6O/c19-18-22-15(20-13-8-9-13)11-16(23-18)24-10-4-7-14(24)17(25)21-12-5-2-1-3-6-12/h1-3,5-6,11,13-14H,4,7-10H2,(H,21,25)(H3,19,20,22,23). The summed E-state index contributed by atoms with van der Waals surface area (Å²) in [4.78, 5) is 23.3. The van der Waals surface area contributed by atoms with Crippen LogP contribution in [-0.4, -0.2) is 34.5 Å². The van der Waals surface area contributed by atoms with E-state index in [1.165, 1.54) is 0 Å². The Balaban J connectivity index is 1.52. The number of benzene rings is 1. The Hall–Kier alpha value is -2.83. The van der Waals surface area contributed by atoms with Crippen molar-refractivity contribution >= 4 is 29.2 Å². The first-order valence-corrected chi connectivity index (χ1v) is 8.73. The lowest BCUT2D eigenvalue weighted by Crippen LogP contribution is -2.40. The second-order valence-electron chi connectivity index (χ2n) is 6.59. The molecule has 2 fully saturated rings. The topological polar surface area (TPSA) is 96.2 Å². The number of rotatable bonds is 5. The van der Waals surface area contributed by atoms with Crippen LogP contribution in [0.3, 0.4) is 0 Å². The number of para-hydroxylation sites is 1. The number of nitrogens with zero attached hydrogens (tertiary/aromatic N) is 3. The van der Waals surface area contributed by atoms with Crippen molar-refractivity contribution < 1.29 is 4.79 Å². The summed E-state index contributed by atoms with van der Waals surface area (Å²) in [5.74, 6) is 1.66. The maximum Gasteiger partial charge on any atom is 0.247 e. The van der Waals surface area contributed by atoms with Gasteiger partial charge in [0.05, 0.1) is 0 Å². The summed E-state index contributed by atoms with van der Waals surface area (Å²) in [6.45, 7) is 0.784. The number of hydrogen-bond acceptors (Lipinski definition) is 6. The van der Waals surface area contributed by atoms with Gasteiger partial charge in [0, 0.05) is 24.3 Å². The summed E-state index contributed by atoms with van der Waals surface area (Å²) in [5.41, 5.74) is 6.68. The zero-order chi connectivity index (χ0) is 17.2. The zero-order valence-corrected chi connectivity index (χ0v) is 14.0. The first-order chi connectivity index (χ1) is 12.2. The smallest absolute Gasteiger partial charge is 0.247 e. The van der Waals surface area contributed by atoms with Gasteiger partial charge in [0.1, 0.15) is 17.7 Å². The van der Waals surface area contributed by atoms with E-state index in [0.717, 1.165) is 43.7 Å². The quantitative estimate of drug-likeness (QED) is 0.774. The molecule has 0 radical (unpaired) electrons. The molecule has 1 saturated heterocycles.